The Balaban J connectivity index is 1.72. The first-order valence-electron chi connectivity index (χ1n) is 8.66. The highest BCUT2D eigenvalue weighted by molar-refractivity contribution is 5.77. The van der Waals surface area contributed by atoms with E-state index in [9.17, 15) is 5.11 Å². The molecule has 4 nitrogen and oxygen atoms in total. The van der Waals surface area contributed by atoms with Gasteiger partial charge in [0.1, 0.15) is 18.5 Å². The van der Waals surface area contributed by atoms with Gasteiger partial charge in [0.25, 0.3) is 0 Å². The zero-order valence-electron chi connectivity index (χ0n) is 15.6. The van der Waals surface area contributed by atoms with Gasteiger partial charge in [-0.2, -0.15) is 0 Å². The molecule has 0 radical (unpaired) electrons. The summed E-state index contributed by atoms with van der Waals surface area (Å²) in [7, 11) is 0. The predicted molar refractivity (Wildman–Crippen MR) is 101 cm³/mol. The van der Waals surface area contributed by atoms with Gasteiger partial charge in [-0.15, -0.1) is 0 Å². The van der Waals surface area contributed by atoms with Crippen molar-refractivity contribution in [3.8, 4) is 5.75 Å². The predicted octanol–water partition coefficient (Wildman–Crippen LogP) is 4.02. The molecule has 25 heavy (non-hydrogen) atoms. The summed E-state index contributed by atoms with van der Waals surface area (Å²) in [5, 5.41) is 10.4. The highest BCUT2D eigenvalue weighted by Gasteiger charge is 2.13. The molecule has 0 aliphatic rings. The number of benzene rings is 2. The maximum Gasteiger partial charge on any atom is 0.125 e. The van der Waals surface area contributed by atoms with Gasteiger partial charge in [-0.25, -0.2) is 4.98 Å². The molecule has 132 valence electrons. The second-order valence-electron chi connectivity index (χ2n) is 6.94. The number of hydrogen-bond donors (Lipinski definition) is 1. The van der Waals surface area contributed by atoms with Crippen molar-refractivity contribution in [2.75, 3.05) is 6.61 Å². The van der Waals surface area contributed by atoms with Gasteiger partial charge in [0.15, 0.2) is 0 Å². The van der Waals surface area contributed by atoms with Gasteiger partial charge in [-0.1, -0.05) is 12.1 Å². The Labute approximate surface area is 149 Å². The zero-order valence-corrected chi connectivity index (χ0v) is 15.6. The van der Waals surface area contributed by atoms with Crippen LogP contribution in [0.15, 0.2) is 30.6 Å². The summed E-state index contributed by atoms with van der Waals surface area (Å²) >= 11 is 0. The summed E-state index contributed by atoms with van der Waals surface area (Å²) in [5.74, 6) is 0.876. The van der Waals surface area contributed by atoms with Crippen LogP contribution in [-0.2, 0) is 6.54 Å². The van der Waals surface area contributed by atoms with Crippen LogP contribution >= 0.6 is 0 Å². The van der Waals surface area contributed by atoms with E-state index in [0.717, 1.165) is 27.9 Å². The van der Waals surface area contributed by atoms with Gasteiger partial charge in [0.05, 0.1) is 23.9 Å². The van der Waals surface area contributed by atoms with Crippen LogP contribution in [0.3, 0.4) is 0 Å². The number of ether oxygens (including phenoxy) is 1. The highest BCUT2D eigenvalue weighted by Crippen LogP contribution is 2.26. The molecule has 3 aromatic rings. The Morgan fingerprint density at radius 1 is 1.00 bits per heavy atom. The van der Waals surface area contributed by atoms with E-state index in [2.05, 4.69) is 56.9 Å². The molecule has 0 aliphatic carbocycles. The Morgan fingerprint density at radius 3 is 2.44 bits per heavy atom. The summed E-state index contributed by atoms with van der Waals surface area (Å²) in [5.41, 5.74) is 7.88. The smallest absolute Gasteiger partial charge is 0.125 e. The van der Waals surface area contributed by atoms with Crippen molar-refractivity contribution in [3.05, 3.63) is 58.4 Å². The standard InChI is InChI=1S/C21H26N2O2/c1-13-6-7-14(2)21(17(13)5)25-11-18(24)10-23-12-22-19-8-15(3)16(4)9-20(19)23/h6-9,12,18,24H,10-11H2,1-5H3/t18-/m1/s1. The van der Waals surface area contributed by atoms with E-state index >= 15 is 0 Å². The Bertz CT molecular complexity index is 912. The number of aliphatic hydroxyl groups is 1. The minimum atomic E-state index is -0.599. The number of aryl methyl sites for hydroxylation is 4. The molecule has 0 fully saturated rings. The zero-order chi connectivity index (χ0) is 18.1. The van der Waals surface area contributed by atoms with Crippen LogP contribution in [0.5, 0.6) is 5.75 Å². The van der Waals surface area contributed by atoms with Crippen LogP contribution in [0.1, 0.15) is 27.8 Å². The van der Waals surface area contributed by atoms with Crippen LogP contribution in [0.2, 0.25) is 0 Å². The molecule has 4 heteroatoms. The Kier molecular flexibility index (Phi) is 4.82. The summed E-state index contributed by atoms with van der Waals surface area (Å²) in [6, 6.07) is 8.36. The third-order valence-corrected chi connectivity index (χ3v) is 4.94. The number of hydrogen-bond acceptors (Lipinski definition) is 3. The number of aliphatic hydroxyl groups excluding tert-OH is 1. The molecule has 1 atom stereocenters. The summed E-state index contributed by atoms with van der Waals surface area (Å²) in [6.07, 6.45) is 1.19. The van der Waals surface area contributed by atoms with E-state index in [1.165, 1.54) is 16.7 Å². The van der Waals surface area contributed by atoms with Crippen LogP contribution in [0.4, 0.5) is 0 Å². The van der Waals surface area contributed by atoms with E-state index in [4.69, 9.17) is 4.74 Å². The summed E-state index contributed by atoms with van der Waals surface area (Å²) < 4.78 is 7.92. The fourth-order valence-corrected chi connectivity index (χ4v) is 3.07. The van der Waals surface area contributed by atoms with Gasteiger partial charge < -0.3 is 14.4 Å². The van der Waals surface area contributed by atoms with Gasteiger partial charge in [-0.05, 0) is 74.6 Å². The Hall–Kier alpha value is -2.33. The van der Waals surface area contributed by atoms with E-state index in [1.807, 2.05) is 11.5 Å². The van der Waals surface area contributed by atoms with E-state index in [-0.39, 0.29) is 6.61 Å². The van der Waals surface area contributed by atoms with Gasteiger partial charge >= 0.3 is 0 Å². The van der Waals surface area contributed by atoms with Gasteiger partial charge in [0, 0.05) is 0 Å². The molecule has 0 spiro atoms. The molecule has 1 heterocycles. The van der Waals surface area contributed by atoms with Crippen molar-refractivity contribution in [1.29, 1.82) is 0 Å². The number of imidazole rings is 1. The van der Waals surface area contributed by atoms with Crippen LogP contribution in [0.25, 0.3) is 11.0 Å². The van der Waals surface area contributed by atoms with Crippen molar-refractivity contribution in [3.63, 3.8) is 0 Å². The SMILES string of the molecule is Cc1cc2ncn(C[C@@H](O)COc3c(C)ccc(C)c3C)c2cc1C. The van der Waals surface area contributed by atoms with Gasteiger partial charge in [-0.3, -0.25) is 0 Å². The van der Waals surface area contributed by atoms with E-state index in [1.54, 1.807) is 6.33 Å². The number of fused-ring (bicyclic) bond motifs is 1. The van der Waals surface area contributed by atoms with Crippen LogP contribution in [0, 0.1) is 34.6 Å². The molecule has 0 saturated carbocycles. The minimum Gasteiger partial charge on any atom is -0.490 e. The van der Waals surface area contributed by atoms with E-state index in [0.29, 0.717) is 6.54 Å². The lowest BCUT2D eigenvalue weighted by molar-refractivity contribution is 0.0927. The quantitative estimate of drug-likeness (QED) is 0.764. The lowest BCUT2D eigenvalue weighted by atomic mass is 10.1. The number of aromatic nitrogens is 2. The lowest BCUT2D eigenvalue weighted by Crippen LogP contribution is -2.23. The lowest BCUT2D eigenvalue weighted by Gasteiger charge is -2.17. The van der Waals surface area contributed by atoms with Crippen LogP contribution in [-0.4, -0.2) is 27.4 Å². The minimum absolute atomic E-state index is 0.260. The maximum atomic E-state index is 10.4. The average Bonchev–Trinajstić information content (AvgIpc) is 2.93. The molecular formula is C21H26N2O2. The monoisotopic (exact) mass is 338 g/mol. The number of nitrogens with zero attached hydrogens (tertiary/aromatic N) is 2. The molecule has 0 amide bonds. The fraction of sp³-hybridized carbons (Fsp3) is 0.381. The van der Waals surface area contributed by atoms with Crippen molar-refractivity contribution < 1.29 is 9.84 Å². The van der Waals surface area contributed by atoms with Crippen molar-refractivity contribution in [2.24, 2.45) is 0 Å². The molecule has 0 saturated heterocycles. The largest absolute Gasteiger partial charge is 0.490 e. The molecule has 1 N–H and O–H groups in total. The number of rotatable bonds is 5. The Morgan fingerprint density at radius 2 is 1.68 bits per heavy atom. The molecule has 1 aromatic heterocycles. The first-order chi connectivity index (χ1) is 11.9. The van der Waals surface area contributed by atoms with Crippen LogP contribution < -0.4 is 4.74 Å². The average molecular weight is 338 g/mol. The molecule has 0 aliphatic heterocycles. The fourth-order valence-electron chi connectivity index (χ4n) is 3.07. The maximum absolute atomic E-state index is 10.4. The van der Waals surface area contributed by atoms with E-state index < -0.39 is 6.10 Å². The van der Waals surface area contributed by atoms with Crippen molar-refractivity contribution >= 4 is 11.0 Å². The second kappa shape index (κ2) is 6.89. The molecule has 0 bridgehead atoms. The highest BCUT2D eigenvalue weighted by atomic mass is 16.5. The summed E-state index contributed by atoms with van der Waals surface area (Å²) in [6.45, 7) is 11.1. The summed E-state index contributed by atoms with van der Waals surface area (Å²) in [4.78, 5) is 4.44. The molecular weight excluding hydrogens is 312 g/mol. The first-order valence-corrected chi connectivity index (χ1v) is 8.66. The normalized spacial score (nSPS) is 12.6. The third kappa shape index (κ3) is 3.54. The third-order valence-electron chi connectivity index (χ3n) is 4.94. The topological polar surface area (TPSA) is 47.3 Å². The van der Waals surface area contributed by atoms with Crippen molar-refractivity contribution in [1.82, 2.24) is 9.55 Å². The second-order valence-corrected chi connectivity index (χ2v) is 6.94. The van der Waals surface area contributed by atoms with Crippen molar-refractivity contribution in [2.45, 2.75) is 47.3 Å². The molecule has 2 aromatic carbocycles. The van der Waals surface area contributed by atoms with Gasteiger partial charge in [0.2, 0.25) is 0 Å². The molecule has 3 rings (SSSR count). The molecule has 0 unspecified atom stereocenters. The first kappa shape index (κ1) is 17.5.